The minimum Gasteiger partial charge on any atom is -0.306 e. The Bertz CT molecular complexity index is 1070. The Morgan fingerprint density at radius 2 is 1.84 bits per heavy atom. The summed E-state index contributed by atoms with van der Waals surface area (Å²) in [7, 11) is -1.53. The van der Waals surface area contributed by atoms with Gasteiger partial charge >= 0.3 is 0 Å². The van der Waals surface area contributed by atoms with E-state index in [1.165, 1.54) is 10.4 Å². The zero-order valence-corrected chi connectivity index (χ0v) is 18.3. The van der Waals surface area contributed by atoms with Gasteiger partial charge in [-0.05, 0) is 57.1 Å². The minimum atomic E-state index is -3.66. The number of nitrogens with zero attached hydrogens (tertiary/aromatic N) is 4. The number of hydroxylamine groups is 1. The Morgan fingerprint density at radius 3 is 2.45 bits per heavy atom. The summed E-state index contributed by atoms with van der Waals surface area (Å²) in [5, 5.41) is 13.2. The molecule has 1 amide bonds. The number of hydrogen-bond donors (Lipinski definition) is 2. The normalized spacial score (nSPS) is 19.2. The second-order valence-electron chi connectivity index (χ2n) is 8.05. The molecule has 1 saturated heterocycles. The fourth-order valence-electron chi connectivity index (χ4n) is 4.06. The van der Waals surface area contributed by atoms with Crippen LogP contribution in [0.5, 0.6) is 0 Å². The van der Waals surface area contributed by atoms with Gasteiger partial charge in [-0.1, -0.05) is 18.2 Å². The molecule has 0 radical (unpaired) electrons. The lowest BCUT2D eigenvalue weighted by molar-refractivity contribution is -0.125. The van der Waals surface area contributed by atoms with Gasteiger partial charge in [0.2, 0.25) is 10.0 Å². The standard InChI is InChI=1S/C21H27N5O4S/c1-24-10-8-19(9-11-24)26-15-18(14-22-26)16-2-4-20(5-3-16)31(29,30)25-12-6-17(7-13-25)21(27)23-28/h2-6,14-15,19,28H,7-13H2,1H3,(H,23,27). The fourth-order valence-corrected chi connectivity index (χ4v) is 5.44. The maximum atomic E-state index is 12.9. The number of benzene rings is 1. The maximum absolute atomic E-state index is 12.9. The number of hydrogen-bond acceptors (Lipinski definition) is 6. The number of sulfonamides is 1. The first-order valence-corrected chi connectivity index (χ1v) is 11.8. The maximum Gasteiger partial charge on any atom is 0.270 e. The van der Waals surface area contributed by atoms with E-state index in [-0.39, 0.29) is 24.4 Å². The second-order valence-corrected chi connectivity index (χ2v) is 9.99. The number of piperidine rings is 1. The molecule has 0 atom stereocenters. The van der Waals surface area contributed by atoms with Gasteiger partial charge in [-0.25, -0.2) is 13.9 Å². The Morgan fingerprint density at radius 1 is 1.13 bits per heavy atom. The van der Waals surface area contributed by atoms with Gasteiger partial charge in [0.15, 0.2) is 0 Å². The van der Waals surface area contributed by atoms with Gasteiger partial charge in [0.1, 0.15) is 0 Å². The van der Waals surface area contributed by atoms with Crippen molar-refractivity contribution in [1.29, 1.82) is 0 Å². The molecular weight excluding hydrogens is 418 g/mol. The zero-order valence-electron chi connectivity index (χ0n) is 17.4. The SMILES string of the molecule is CN1CCC(n2cc(-c3ccc(S(=O)(=O)N4CC=C(C(=O)NO)CC4)cc3)cn2)CC1. The van der Waals surface area contributed by atoms with Gasteiger partial charge in [-0.3, -0.25) is 14.7 Å². The van der Waals surface area contributed by atoms with Gasteiger partial charge in [0.05, 0.1) is 17.1 Å². The van der Waals surface area contributed by atoms with Crippen molar-refractivity contribution in [1.82, 2.24) is 24.5 Å². The number of amides is 1. The molecule has 0 unspecified atom stereocenters. The molecule has 3 heterocycles. The number of likely N-dealkylation sites (tertiary alicyclic amines) is 1. The van der Waals surface area contributed by atoms with Crippen molar-refractivity contribution in [3.05, 3.63) is 48.3 Å². The number of aromatic nitrogens is 2. The zero-order chi connectivity index (χ0) is 22.0. The van der Waals surface area contributed by atoms with Crippen LogP contribution in [0.25, 0.3) is 11.1 Å². The molecule has 0 bridgehead atoms. The van der Waals surface area contributed by atoms with Crippen LogP contribution in [0, 0.1) is 0 Å². The van der Waals surface area contributed by atoms with Crippen LogP contribution in [-0.4, -0.2) is 71.7 Å². The Labute approximate surface area is 182 Å². The van der Waals surface area contributed by atoms with Crippen molar-refractivity contribution in [3.63, 3.8) is 0 Å². The van der Waals surface area contributed by atoms with E-state index in [9.17, 15) is 13.2 Å². The molecule has 9 nitrogen and oxygen atoms in total. The second kappa shape index (κ2) is 8.91. The Balaban J connectivity index is 1.46. The van der Waals surface area contributed by atoms with E-state index >= 15 is 0 Å². The number of nitrogens with one attached hydrogen (secondary N) is 1. The lowest BCUT2D eigenvalue weighted by Gasteiger charge is -2.28. The molecule has 4 rings (SSSR count). The number of carbonyl (C=O) groups is 1. The summed E-state index contributed by atoms with van der Waals surface area (Å²) in [5.41, 5.74) is 3.84. The molecule has 2 N–H and O–H groups in total. The van der Waals surface area contributed by atoms with Crippen molar-refractivity contribution >= 4 is 15.9 Å². The van der Waals surface area contributed by atoms with Crippen molar-refractivity contribution in [2.75, 3.05) is 33.2 Å². The molecular formula is C21H27N5O4S. The molecule has 0 saturated carbocycles. The monoisotopic (exact) mass is 445 g/mol. The first-order valence-electron chi connectivity index (χ1n) is 10.4. The average molecular weight is 446 g/mol. The topological polar surface area (TPSA) is 108 Å². The number of rotatable bonds is 5. The highest BCUT2D eigenvalue weighted by Crippen LogP contribution is 2.27. The molecule has 166 valence electrons. The van der Waals surface area contributed by atoms with E-state index in [1.54, 1.807) is 29.7 Å². The van der Waals surface area contributed by atoms with Crippen LogP contribution in [-0.2, 0) is 14.8 Å². The smallest absolute Gasteiger partial charge is 0.270 e. The molecule has 2 aromatic rings. The Kier molecular flexibility index (Phi) is 6.24. The van der Waals surface area contributed by atoms with Crippen LogP contribution in [0.2, 0.25) is 0 Å². The molecule has 10 heteroatoms. The van der Waals surface area contributed by atoms with E-state index in [0.29, 0.717) is 11.6 Å². The van der Waals surface area contributed by atoms with E-state index in [0.717, 1.165) is 37.1 Å². The van der Waals surface area contributed by atoms with Crippen molar-refractivity contribution in [2.45, 2.75) is 30.2 Å². The van der Waals surface area contributed by atoms with Gasteiger partial charge in [-0.15, -0.1) is 0 Å². The molecule has 1 fully saturated rings. The summed E-state index contributed by atoms with van der Waals surface area (Å²) < 4.78 is 29.2. The quantitative estimate of drug-likeness (QED) is 0.535. The molecule has 1 aromatic carbocycles. The van der Waals surface area contributed by atoms with Crippen LogP contribution in [0.3, 0.4) is 0 Å². The van der Waals surface area contributed by atoms with Gasteiger partial charge in [-0.2, -0.15) is 9.40 Å². The van der Waals surface area contributed by atoms with Crippen LogP contribution in [0.4, 0.5) is 0 Å². The largest absolute Gasteiger partial charge is 0.306 e. The first-order chi connectivity index (χ1) is 14.9. The van der Waals surface area contributed by atoms with Crippen LogP contribution in [0.15, 0.2) is 53.2 Å². The first kappa shape index (κ1) is 21.7. The summed E-state index contributed by atoms with van der Waals surface area (Å²) in [6.07, 6.45) is 7.77. The summed E-state index contributed by atoms with van der Waals surface area (Å²) in [6, 6.07) is 7.21. The van der Waals surface area contributed by atoms with Crippen molar-refractivity contribution in [3.8, 4) is 11.1 Å². The van der Waals surface area contributed by atoms with E-state index < -0.39 is 15.9 Å². The molecule has 31 heavy (non-hydrogen) atoms. The van der Waals surface area contributed by atoms with Gasteiger partial charge in [0, 0.05) is 30.4 Å². The van der Waals surface area contributed by atoms with Crippen molar-refractivity contribution in [2.24, 2.45) is 0 Å². The van der Waals surface area contributed by atoms with Crippen LogP contribution < -0.4 is 5.48 Å². The Hall–Kier alpha value is -2.53. The van der Waals surface area contributed by atoms with Crippen LogP contribution >= 0.6 is 0 Å². The van der Waals surface area contributed by atoms with Crippen LogP contribution in [0.1, 0.15) is 25.3 Å². The summed E-state index contributed by atoms with van der Waals surface area (Å²) >= 11 is 0. The summed E-state index contributed by atoms with van der Waals surface area (Å²) in [5.74, 6) is -0.595. The highest BCUT2D eigenvalue weighted by atomic mass is 32.2. The lowest BCUT2D eigenvalue weighted by atomic mass is 10.1. The summed E-state index contributed by atoms with van der Waals surface area (Å²) in [6.45, 7) is 2.40. The molecule has 2 aliphatic heterocycles. The predicted octanol–water partition coefficient (Wildman–Crippen LogP) is 1.64. The highest BCUT2D eigenvalue weighted by molar-refractivity contribution is 7.89. The average Bonchev–Trinajstić information content (AvgIpc) is 3.29. The fraction of sp³-hybridized carbons (Fsp3) is 0.429. The predicted molar refractivity (Wildman–Crippen MR) is 115 cm³/mol. The molecule has 0 aliphatic carbocycles. The van der Waals surface area contributed by atoms with E-state index in [1.807, 2.05) is 17.1 Å². The van der Waals surface area contributed by atoms with E-state index in [4.69, 9.17) is 5.21 Å². The third kappa shape index (κ3) is 4.57. The molecule has 2 aliphatic rings. The van der Waals surface area contributed by atoms with Crippen molar-refractivity contribution < 1.29 is 18.4 Å². The third-order valence-corrected chi connectivity index (χ3v) is 7.93. The lowest BCUT2D eigenvalue weighted by Crippen LogP contribution is -2.37. The number of carbonyl (C=O) groups excluding carboxylic acids is 1. The van der Waals surface area contributed by atoms with E-state index in [2.05, 4.69) is 17.0 Å². The highest BCUT2D eigenvalue weighted by Gasteiger charge is 2.27. The molecule has 0 spiro atoms. The minimum absolute atomic E-state index is 0.0934. The molecule has 1 aromatic heterocycles. The summed E-state index contributed by atoms with van der Waals surface area (Å²) in [4.78, 5) is 14.0. The van der Waals surface area contributed by atoms with Gasteiger partial charge < -0.3 is 4.90 Å². The van der Waals surface area contributed by atoms with Gasteiger partial charge in [0.25, 0.3) is 5.91 Å². The third-order valence-electron chi connectivity index (χ3n) is 6.05.